The van der Waals surface area contributed by atoms with Gasteiger partial charge in [-0.3, -0.25) is 18.9 Å². The Morgan fingerprint density at radius 2 is 1.68 bits per heavy atom. The van der Waals surface area contributed by atoms with Crippen molar-refractivity contribution in [2.75, 3.05) is 20.8 Å². The molecule has 0 radical (unpaired) electrons. The van der Waals surface area contributed by atoms with Gasteiger partial charge in [-0.25, -0.2) is 4.98 Å². The van der Waals surface area contributed by atoms with Gasteiger partial charge in [0.15, 0.2) is 5.78 Å². The molecule has 6 atom stereocenters. The zero-order valence-electron chi connectivity index (χ0n) is 35.3. The number of esters is 1. The molecular formula is C48H57N2O9P. The summed E-state index contributed by atoms with van der Waals surface area (Å²) in [6, 6.07) is 23.0. The number of para-hydroxylation sites is 1. The van der Waals surface area contributed by atoms with Crippen molar-refractivity contribution in [3.05, 3.63) is 97.1 Å². The molecule has 318 valence electrons. The number of ketones is 1. The Morgan fingerprint density at radius 1 is 0.967 bits per heavy atom. The van der Waals surface area contributed by atoms with E-state index in [1.54, 1.807) is 25.2 Å². The maximum absolute atomic E-state index is 15.0. The highest BCUT2D eigenvalue weighted by molar-refractivity contribution is 7.59. The average Bonchev–Trinajstić information content (AvgIpc) is 3.48. The van der Waals surface area contributed by atoms with E-state index in [2.05, 4.69) is 6.58 Å². The molecule has 1 saturated heterocycles. The number of carbonyl (C=O) groups excluding carboxylic acids is 3. The van der Waals surface area contributed by atoms with Gasteiger partial charge in [0.25, 0.3) is 0 Å². The van der Waals surface area contributed by atoms with Crippen molar-refractivity contribution in [2.45, 2.75) is 102 Å². The third-order valence-corrected chi connectivity index (χ3v) is 15.5. The first kappa shape index (κ1) is 43.1. The first-order valence-corrected chi connectivity index (χ1v) is 22.8. The number of allylic oxidation sites excluding steroid dienone is 1. The van der Waals surface area contributed by atoms with Crippen molar-refractivity contribution >= 4 is 35.9 Å². The normalized spacial score (nSPS) is 23.1. The lowest BCUT2D eigenvalue weighted by Crippen LogP contribution is -2.48. The summed E-state index contributed by atoms with van der Waals surface area (Å²) >= 11 is 0. The molecule has 60 heavy (non-hydrogen) atoms. The molecule has 12 heteroatoms. The van der Waals surface area contributed by atoms with E-state index in [0.717, 1.165) is 31.2 Å². The lowest BCUT2D eigenvalue weighted by Gasteiger charge is -2.35. The van der Waals surface area contributed by atoms with E-state index in [-0.39, 0.29) is 55.7 Å². The summed E-state index contributed by atoms with van der Waals surface area (Å²) in [4.78, 5) is 61.5. The summed E-state index contributed by atoms with van der Waals surface area (Å²) in [5, 5.41) is -0.495. The average molecular weight is 837 g/mol. The number of rotatable bonds is 16. The van der Waals surface area contributed by atoms with Gasteiger partial charge in [-0.2, -0.15) is 0 Å². The van der Waals surface area contributed by atoms with E-state index >= 15 is 0 Å². The van der Waals surface area contributed by atoms with Gasteiger partial charge in [-0.1, -0.05) is 69.3 Å². The maximum atomic E-state index is 15.0. The van der Waals surface area contributed by atoms with Gasteiger partial charge >= 0.3 is 5.97 Å². The maximum Gasteiger partial charge on any atom is 0.306 e. The van der Waals surface area contributed by atoms with Crippen molar-refractivity contribution in [1.29, 1.82) is 0 Å². The monoisotopic (exact) mass is 836 g/mol. The third kappa shape index (κ3) is 9.03. The highest BCUT2D eigenvalue weighted by Gasteiger charge is 2.65. The molecule has 3 aromatic carbocycles. The van der Waals surface area contributed by atoms with Crippen LogP contribution < -0.4 is 14.2 Å². The summed E-state index contributed by atoms with van der Waals surface area (Å²) in [7, 11) is -0.772. The number of aromatic nitrogens is 1. The number of amides is 1. The van der Waals surface area contributed by atoms with Crippen LogP contribution in [0.5, 0.6) is 17.2 Å². The number of methoxy groups -OCH3 is 2. The molecule has 1 aromatic heterocycles. The summed E-state index contributed by atoms with van der Waals surface area (Å²) in [5.74, 6) is -0.500. The molecule has 2 saturated carbocycles. The Hall–Kier alpha value is -4.99. The van der Waals surface area contributed by atoms with Gasteiger partial charge in [0.05, 0.1) is 61.7 Å². The summed E-state index contributed by atoms with van der Waals surface area (Å²) in [5.41, 5.74) is 2.01. The van der Waals surface area contributed by atoms with Crippen LogP contribution in [-0.2, 0) is 29.8 Å². The molecule has 3 aliphatic rings. The van der Waals surface area contributed by atoms with Gasteiger partial charge in [0.1, 0.15) is 29.5 Å². The predicted molar refractivity (Wildman–Crippen MR) is 231 cm³/mol. The predicted octanol–water partition coefficient (Wildman–Crippen LogP) is 9.18. The minimum absolute atomic E-state index is 0.0577. The van der Waals surface area contributed by atoms with Gasteiger partial charge < -0.3 is 28.7 Å². The highest BCUT2D eigenvalue weighted by atomic mass is 31.2. The van der Waals surface area contributed by atoms with Crippen LogP contribution in [0.1, 0.15) is 77.7 Å². The molecule has 7 rings (SSSR count). The summed E-state index contributed by atoms with van der Waals surface area (Å²) in [6.07, 6.45) is 4.56. The fraction of sp³-hybridized carbons (Fsp3) is 0.458. The topological polar surface area (TPSA) is 142 Å². The number of Topliss-reactive ketones (excluding diaryl/α,β-unsaturated/α-hetero) is 1. The molecule has 1 N–H and O–H groups in total. The van der Waals surface area contributed by atoms with Gasteiger partial charge in [0.2, 0.25) is 13.3 Å². The molecule has 11 nitrogen and oxygen atoms in total. The van der Waals surface area contributed by atoms with Crippen LogP contribution in [-0.4, -0.2) is 76.6 Å². The number of nitrogens with zero attached hydrogens (tertiary/aromatic N) is 2. The largest absolute Gasteiger partial charge is 0.497 e. The molecule has 4 aromatic rings. The molecule has 1 unspecified atom stereocenters. The number of carbonyl (C=O) groups is 3. The SMILES string of the molecule is C=C[C@@H]1C[C@]1(CC(=O)[C@@H]1C[C@@H](Oc2cc(-c3ccccc3OC)nc3cc(OC)ccc23)CN1C(=O)[C@@H](CC(=O)OC1CCCC1)C(C)(C)C)P(=O)(O)Cc1ccccc1. The number of pyridine rings is 1. The zero-order chi connectivity index (χ0) is 42.8. The first-order valence-electron chi connectivity index (χ1n) is 21.0. The fourth-order valence-electron chi connectivity index (χ4n) is 9.14. The van der Waals surface area contributed by atoms with Crippen molar-refractivity contribution in [2.24, 2.45) is 17.3 Å². The number of hydrogen-bond acceptors (Lipinski definition) is 9. The minimum atomic E-state index is -3.96. The number of likely N-dealkylation sites (tertiary alicyclic amines) is 1. The zero-order valence-corrected chi connectivity index (χ0v) is 36.2. The lowest BCUT2D eigenvalue weighted by molar-refractivity contribution is -0.156. The Kier molecular flexibility index (Phi) is 12.6. The Labute approximate surface area is 352 Å². The highest BCUT2D eigenvalue weighted by Crippen LogP contribution is 2.74. The fourth-order valence-corrected chi connectivity index (χ4v) is 11.7. The summed E-state index contributed by atoms with van der Waals surface area (Å²) < 4.78 is 38.2. The Bertz CT molecular complexity index is 2280. The van der Waals surface area contributed by atoms with Crippen molar-refractivity contribution < 1.29 is 42.8 Å². The van der Waals surface area contributed by atoms with E-state index in [4.69, 9.17) is 23.9 Å². The van der Waals surface area contributed by atoms with Crippen LogP contribution in [0.4, 0.5) is 0 Å². The van der Waals surface area contributed by atoms with E-state index in [0.29, 0.717) is 45.8 Å². The lowest BCUT2D eigenvalue weighted by atomic mass is 9.77. The molecule has 0 spiro atoms. The van der Waals surface area contributed by atoms with E-state index in [1.165, 1.54) is 0 Å². The number of ether oxygens (including phenoxy) is 4. The molecule has 0 bridgehead atoms. The van der Waals surface area contributed by atoms with Crippen LogP contribution >= 0.6 is 7.37 Å². The molecular weight excluding hydrogens is 780 g/mol. The molecule has 2 heterocycles. The van der Waals surface area contributed by atoms with Crippen LogP contribution in [0.2, 0.25) is 0 Å². The standard InChI is InChI=1S/C48H57N2O9P/c1-7-32-27-48(32,60(54,55)30-31-15-9-8-10-16-31)28-42(51)41-24-35(29-50(41)46(53)38(47(2,3)4)25-45(52)59-33-17-11-12-18-33)58-44-26-40(36-19-13-14-20-43(36)57-6)49-39-23-34(56-5)21-22-37(39)44/h7-10,13-16,19-23,26,32-33,35,38,41H,1,11-12,17-18,24-25,27-30H2,2-6H3,(H,54,55)/t32-,35-,38-,41+,48-/m1/s1. The summed E-state index contributed by atoms with van der Waals surface area (Å²) in [6.45, 7) is 9.74. The Balaban J connectivity index is 1.23. The van der Waals surface area contributed by atoms with Crippen LogP contribution in [0.15, 0.2) is 91.5 Å². The van der Waals surface area contributed by atoms with Crippen LogP contribution in [0.3, 0.4) is 0 Å². The number of hydrogen-bond donors (Lipinski definition) is 1. The second kappa shape index (κ2) is 17.5. The van der Waals surface area contributed by atoms with Crippen molar-refractivity contribution in [3.8, 4) is 28.5 Å². The van der Waals surface area contributed by atoms with E-state index in [1.807, 2.05) is 99.6 Å². The second-order valence-electron chi connectivity index (χ2n) is 17.7. The van der Waals surface area contributed by atoms with Crippen LogP contribution in [0.25, 0.3) is 22.2 Å². The van der Waals surface area contributed by atoms with Gasteiger partial charge in [-0.05, 0) is 73.3 Å². The van der Waals surface area contributed by atoms with Crippen molar-refractivity contribution in [1.82, 2.24) is 9.88 Å². The van der Waals surface area contributed by atoms with Crippen molar-refractivity contribution in [3.63, 3.8) is 0 Å². The molecule has 3 fully saturated rings. The van der Waals surface area contributed by atoms with E-state index in [9.17, 15) is 23.8 Å². The molecule has 2 aliphatic carbocycles. The Morgan fingerprint density at radius 3 is 2.35 bits per heavy atom. The van der Waals surface area contributed by atoms with E-state index < -0.39 is 42.0 Å². The van der Waals surface area contributed by atoms with Gasteiger partial charge in [0, 0.05) is 35.9 Å². The van der Waals surface area contributed by atoms with Gasteiger partial charge in [-0.15, -0.1) is 6.58 Å². The number of fused-ring (bicyclic) bond motifs is 1. The van der Waals surface area contributed by atoms with Crippen LogP contribution in [0, 0.1) is 17.3 Å². The first-order chi connectivity index (χ1) is 28.7. The third-order valence-electron chi connectivity index (χ3n) is 12.7. The molecule has 1 aliphatic heterocycles. The smallest absolute Gasteiger partial charge is 0.306 e. The number of benzene rings is 3. The minimum Gasteiger partial charge on any atom is -0.497 e. The second-order valence-corrected chi connectivity index (χ2v) is 20.3. The molecule has 1 amide bonds. The quantitative estimate of drug-likeness (QED) is 0.0660.